The van der Waals surface area contributed by atoms with E-state index < -0.39 is 10.0 Å². The molecular weight excluding hydrogens is 372 g/mol. The molecule has 7 nitrogen and oxygen atoms in total. The first-order chi connectivity index (χ1) is 12.4. The van der Waals surface area contributed by atoms with E-state index in [2.05, 4.69) is 20.0 Å². The van der Waals surface area contributed by atoms with E-state index in [1.54, 1.807) is 30.5 Å². The number of sulfonamides is 1. The summed E-state index contributed by atoms with van der Waals surface area (Å²) < 4.78 is 25.2. The Kier molecular flexibility index (Phi) is 5.29. The predicted octanol–water partition coefficient (Wildman–Crippen LogP) is 2.76. The van der Waals surface area contributed by atoms with Crippen molar-refractivity contribution in [2.45, 2.75) is 6.42 Å². The zero-order chi connectivity index (χ0) is 18.6. The summed E-state index contributed by atoms with van der Waals surface area (Å²) in [6.45, 7) is 0. The van der Waals surface area contributed by atoms with E-state index in [-0.39, 0.29) is 12.3 Å². The second-order valence-electron chi connectivity index (χ2n) is 5.50. The molecule has 1 amide bonds. The highest BCUT2D eigenvalue weighted by Crippen LogP contribution is 2.24. The van der Waals surface area contributed by atoms with E-state index in [9.17, 15) is 13.2 Å². The third-order valence-corrected chi connectivity index (χ3v) is 4.78. The number of carbonyl (C=O) groups is 1. The van der Waals surface area contributed by atoms with Crippen LogP contribution in [0.25, 0.3) is 10.7 Å². The number of para-hydroxylation sites is 2. The number of nitrogens with one attached hydrogen (secondary N) is 2. The average molecular weight is 388 g/mol. The van der Waals surface area contributed by atoms with E-state index in [4.69, 9.17) is 0 Å². The molecule has 0 aliphatic carbocycles. The minimum Gasteiger partial charge on any atom is -0.324 e. The molecule has 0 aliphatic heterocycles. The largest absolute Gasteiger partial charge is 0.324 e. The first kappa shape index (κ1) is 18.0. The molecule has 0 radical (unpaired) electrons. The molecule has 0 bridgehead atoms. The van der Waals surface area contributed by atoms with Crippen LogP contribution >= 0.6 is 11.3 Å². The number of pyridine rings is 1. The summed E-state index contributed by atoms with van der Waals surface area (Å²) in [7, 11) is -3.44. The molecule has 0 atom stereocenters. The third kappa shape index (κ3) is 4.87. The van der Waals surface area contributed by atoms with Gasteiger partial charge >= 0.3 is 0 Å². The molecule has 134 valence electrons. The summed E-state index contributed by atoms with van der Waals surface area (Å²) in [5, 5.41) is 5.27. The maximum Gasteiger partial charge on any atom is 0.230 e. The van der Waals surface area contributed by atoms with Gasteiger partial charge in [-0.15, -0.1) is 11.3 Å². The highest BCUT2D eigenvalue weighted by atomic mass is 32.2. The van der Waals surface area contributed by atoms with Gasteiger partial charge in [-0.05, 0) is 24.3 Å². The quantitative estimate of drug-likeness (QED) is 0.676. The molecule has 0 saturated carbocycles. The highest BCUT2D eigenvalue weighted by Gasteiger charge is 2.13. The fraction of sp³-hybridized carbons (Fsp3) is 0.118. The average Bonchev–Trinajstić information content (AvgIpc) is 3.04. The predicted molar refractivity (Wildman–Crippen MR) is 103 cm³/mol. The number of benzene rings is 1. The van der Waals surface area contributed by atoms with Crippen molar-refractivity contribution in [2.24, 2.45) is 0 Å². The highest BCUT2D eigenvalue weighted by molar-refractivity contribution is 7.92. The van der Waals surface area contributed by atoms with Crippen LogP contribution in [0.15, 0.2) is 54.0 Å². The molecule has 9 heteroatoms. The van der Waals surface area contributed by atoms with Crippen molar-refractivity contribution in [2.75, 3.05) is 16.3 Å². The lowest BCUT2D eigenvalue weighted by molar-refractivity contribution is -0.115. The van der Waals surface area contributed by atoms with Crippen LogP contribution in [0.4, 0.5) is 11.4 Å². The number of anilines is 2. The van der Waals surface area contributed by atoms with Gasteiger partial charge in [0, 0.05) is 11.6 Å². The molecule has 1 aromatic carbocycles. The number of rotatable bonds is 6. The molecule has 3 rings (SSSR count). The molecule has 0 saturated heterocycles. The van der Waals surface area contributed by atoms with Gasteiger partial charge in [-0.1, -0.05) is 18.2 Å². The molecule has 0 aliphatic rings. The zero-order valence-electron chi connectivity index (χ0n) is 13.8. The van der Waals surface area contributed by atoms with Crippen molar-refractivity contribution in [1.29, 1.82) is 0 Å². The normalized spacial score (nSPS) is 11.1. The van der Waals surface area contributed by atoms with Gasteiger partial charge in [0.15, 0.2) is 0 Å². The summed E-state index contributed by atoms with van der Waals surface area (Å²) in [5.74, 6) is -0.286. The minimum absolute atomic E-state index is 0.0799. The standard InChI is InChI=1S/C17H16N4O3S2/c1-26(23,24)21-14-7-3-2-6-13(14)20-16(22)10-12-11-25-17(19-12)15-8-4-5-9-18-15/h2-9,11,21H,10H2,1H3,(H,20,22). The number of hydrogen-bond donors (Lipinski definition) is 2. The van der Waals surface area contributed by atoms with Crippen LogP contribution in [0.5, 0.6) is 0 Å². The van der Waals surface area contributed by atoms with E-state index in [0.29, 0.717) is 17.1 Å². The molecular formula is C17H16N4O3S2. The van der Waals surface area contributed by atoms with E-state index in [0.717, 1.165) is 17.0 Å². The van der Waals surface area contributed by atoms with Crippen LogP contribution in [-0.4, -0.2) is 30.5 Å². The van der Waals surface area contributed by atoms with Crippen molar-refractivity contribution in [1.82, 2.24) is 9.97 Å². The third-order valence-electron chi connectivity index (χ3n) is 3.27. The van der Waals surface area contributed by atoms with Crippen molar-refractivity contribution in [3.8, 4) is 10.7 Å². The summed E-state index contributed by atoms with van der Waals surface area (Å²) in [4.78, 5) is 21.0. The van der Waals surface area contributed by atoms with Crippen molar-refractivity contribution in [3.05, 3.63) is 59.7 Å². The Bertz CT molecular complexity index is 1020. The second-order valence-corrected chi connectivity index (χ2v) is 8.11. The van der Waals surface area contributed by atoms with Gasteiger partial charge in [0.1, 0.15) is 5.01 Å². The minimum atomic E-state index is -3.44. The Morgan fingerprint density at radius 3 is 2.54 bits per heavy atom. The van der Waals surface area contributed by atoms with Crippen molar-refractivity contribution < 1.29 is 13.2 Å². The second kappa shape index (κ2) is 7.63. The van der Waals surface area contributed by atoms with Crippen LogP contribution in [0, 0.1) is 0 Å². The van der Waals surface area contributed by atoms with Gasteiger partial charge in [-0.25, -0.2) is 13.4 Å². The number of aromatic nitrogens is 2. The van der Waals surface area contributed by atoms with Crippen molar-refractivity contribution >= 4 is 38.6 Å². The Hall–Kier alpha value is -2.78. The molecule has 26 heavy (non-hydrogen) atoms. The van der Waals surface area contributed by atoms with Gasteiger partial charge < -0.3 is 5.32 Å². The summed E-state index contributed by atoms with van der Waals surface area (Å²) in [6.07, 6.45) is 2.82. The topological polar surface area (TPSA) is 101 Å². The number of nitrogens with zero attached hydrogens (tertiary/aromatic N) is 2. The van der Waals surface area contributed by atoms with Crippen LogP contribution in [0.2, 0.25) is 0 Å². The van der Waals surface area contributed by atoms with Crippen LogP contribution in [-0.2, 0) is 21.2 Å². The summed E-state index contributed by atoms with van der Waals surface area (Å²) in [6, 6.07) is 12.2. The van der Waals surface area contributed by atoms with E-state index in [1.807, 2.05) is 23.6 Å². The molecule has 0 unspecified atom stereocenters. The van der Waals surface area contributed by atoms with E-state index >= 15 is 0 Å². The molecule has 2 heterocycles. The smallest absolute Gasteiger partial charge is 0.230 e. The Morgan fingerprint density at radius 1 is 1.12 bits per heavy atom. The summed E-state index contributed by atoms with van der Waals surface area (Å²) in [5.41, 5.74) is 2.09. The lowest BCUT2D eigenvalue weighted by atomic mass is 10.2. The summed E-state index contributed by atoms with van der Waals surface area (Å²) >= 11 is 1.42. The van der Waals surface area contributed by atoms with Gasteiger partial charge in [0.2, 0.25) is 15.9 Å². The molecule has 2 N–H and O–H groups in total. The lowest BCUT2D eigenvalue weighted by Gasteiger charge is -2.11. The SMILES string of the molecule is CS(=O)(=O)Nc1ccccc1NC(=O)Cc1csc(-c2ccccn2)n1. The van der Waals surface area contributed by atoms with Crippen LogP contribution in [0.3, 0.4) is 0 Å². The first-order valence-corrected chi connectivity index (χ1v) is 10.4. The Labute approximate surface area is 155 Å². The number of carbonyl (C=O) groups excluding carboxylic acids is 1. The molecule has 3 aromatic rings. The lowest BCUT2D eigenvalue weighted by Crippen LogP contribution is -2.17. The number of thiazole rings is 1. The maximum absolute atomic E-state index is 12.3. The Balaban J connectivity index is 1.70. The molecule has 0 fully saturated rings. The molecule has 0 spiro atoms. The van der Waals surface area contributed by atoms with E-state index in [1.165, 1.54) is 11.3 Å². The monoisotopic (exact) mass is 388 g/mol. The fourth-order valence-corrected chi connectivity index (χ4v) is 3.61. The first-order valence-electron chi connectivity index (χ1n) is 7.63. The fourth-order valence-electron chi connectivity index (χ4n) is 2.23. The van der Waals surface area contributed by atoms with Crippen LogP contribution in [0.1, 0.15) is 5.69 Å². The van der Waals surface area contributed by atoms with Gasteiger partial charge in [-0.2, -0.15) is 0 Å². The molecule has 2 aromatic heterocycles. The number of hydrogen-bond acceptors (Lipinski definition) is 6. The van der Waals surface area contributed by atoms with Crippen molar-refractivity contribution in [3.63, 3.8) is 0 Å². The Morgan fingerprint density at radius 2 is 1.85 bits per heavy atom. The maximum atomic E-state index is 12.3. The zero-order valence-corrected chi connectivity index (χ0v) is 15.5. The number of amides is 1. The van der Waals surface area contributed by atoms with Crippen LogP contribution < -0.4 is 10.0 Å². The van der Waals surface area contributed by atoms with Gasteiger partial charge in [0.25, 0.3) is 0 Å². The van der Waals surface area contributed by atoms with Gasteiger partial charge in [0.05, 0.1) is 35.4 Å². The van der Waals surface area contributed by atoms with Gasteiger partial charge in [-0.3, -0.25) is 14.5 Å².